The number of rotatable bonds is 3. The van der Waals surface area contributed by atoms with Crippen molar-refractivity contribution in [2.45, 2.75) is 45.6 Å². The lowest BCUT2D eigenvalue weighted by molar-refractivity contribution is 0.294. The minimum atomic E-state index is 0.661. The van der Waals surface area contributed by atoms with Gasteiger partial charge in [-0.15, -0.1) is 11.3 Å². The van der Waals surface area contributed by atoms with Crippen molar-refractivity contribution >= 4 is 11.3 Å². The topological polar surface area (TPSA) is 24.9 Å². The normalized spacial score (nSPS) is 26.8. The van der Waals surface area contributed by atoms with E-state index < -0.39 is 0 Å². The second kappa shape index (κ2) is 5.08. The van der Waals surface area contributed by atoms with Gasteiger partial charge in [-0.2, -0.15) is 0 Å². The van der Waals surface area contributed by atoms with Crippen molar-refractivity contribution in [1.82, 2.24) is 10.3 Å². The van der Waals surface area contributed by atoms with Gasteiger partial charge >= 0.3 is 0 Å². The van der Waals surface area contributed by atoms with Gasteiger partial charge in [-0.25, -0.2) is 4.98 Å². The monoisotopic (exact) mass is 224 g/mol. The maximum atomic E-state index is 4.53. The van der Waals surface area contributed by atoms with Gasteiger partial charge in [-0.3, -0.25) is 0 Å². The number of thiazole rings is 1. The molecule has 1 aromatic heterocycles. The van der Waals surface area contributed by atoms with E-state index in [1.807, 2.05) is 0 Å². The highest BCUT2D eigenvalue weighted by molar-refractivity contribution is 7.09. The van der Waals surface area contributed by atoms with Crippen molar-refractivity contribution in [3.05, 3.63) is 16.1 Å². The van der Waals surface area contributed by atoms with Crippen molar-refractivity contribution < 1.29 is 0 Å². The second-order valence-corrected chi connectivity index (χ2v) is 5.48. The molecule has 1 aliphatic heterocycles. The predicted octanol–water partition coefficient (Wildman–Crippen LogP) is 2.77. The van der Waals surface area contributed by atoms with Crippen LogP contribution in [0.1, 0.15) is 36.9 Å². The van der Waals surface area contributed by atoms with Crippen LogP contribution in [0.15, 0.2) is 5.38 Å². The van der Waals surface area contributed by atoms with Gasteiger partial charge in [0.2, 0.25) is 0 Å². The molecule has 1 saturated heterocycles. The summed E-state index contributed by atoms with van der Waals surface area (Å²) < 4.78 is 0. The van der Waals surface area contributed by atoms with Crippen molar-refractivity contribution in [2.75, 3.05) is 6.54 Å². The van der Waals surface area contributed by atoms with Gasteiger partial charge in [0.15, 0.2) is 0 Å². The number of aryl methyl sites for hydroxylation is 1. The van der Waals surface area contributed by atoms with Crippen LogP contribution in [0, 0.1) is 12.8 Å². The molecule has 0 bridgehead atoms. The Morgan fingerprint density at radius 2 is 2.47 bits per heavy atom. The van der Waals surface area contributed by atoms with Crippen LogP contribution in [0.25, 0.3) is 0 Å². The molecule has 1 fully saturated rings. The van der Waals surface area contributed by atoms with Crippen LogP contribution in [0.4, 0.5) is 0 Å². The lowest BCUT2D eigenvalue weighted by atomic mass is 9.89. The summed E-state index contributed by atoms with van der Waals surface area (Å²) in [7, 11) is 0. The first-order valence-corrected chi connectivity index (χ1v) is 6.80. The van der Waals surface area contributed by atoms with Crippen LogP contribution in [-0.2, 0) is 6.42 Å². The Bertz CT molecular complexity index is 308. The van der Waals surface area contributed by atoms with Gasteiger partial charge in [-0.1, -0.05) is 13.3 Å². The smallest absolute Gasteiger partial charge is 0.0943 e. The van der Waals surface area contributed by atoms with E-state index >= 15 is 0 Å². The summed E-state index contributed by atoms with van der Waals surface area (Å²) >= 11 is 1.80. The summed E-state index contributed by atoms with van der Waals surface area (Å²) in [6.45, 7) is 5.57. The molecule has 2 heterocycles. The molecule has 1 N–H and O–H groups in total. The highest BCUT2D eigenvalue weighted by Gasteiger charge is 2.20. The lowest BCUT2D eigenvalue weighted by Crippen LogP contribution is -2.39. The molecule has 84 valence electrons. The third kappa shape index (κ3) is 3.02. The van der Waals surface area contributed by atoms with Gasteiger partial charge < -0.3 is 5.32 Å². The van der Waals surface area contributed by atoms with E-state index in [9.17, 15) is 0 Å². The third-order valence-electron chi connectivity index (χ3n) is 3.27. The molecule has 2 unspecified atom stereocenters. The van der Waals surface area contributed by atoms with E-state index in [2.05, 4.69) is 29.5 Å². The predicted molar refractivity (Wildman–Crippen MR) is 65.4 cm³/mol. The first kappa shape index (κ1) is 11.1. The minimum absolute atomic E-state index is 0.661. The van der Waals surface area contributed by atoms with E-state index in [0.29, 0.717) is 6.04 Å². The molecule has 0 spiro atoms. The number of nitrogens with zero attached hydrogens (tertiary/aromatic N) is 1. The zero-order chi connectivity index (χ0) is 10.7. The molecule has 1 aromatic rings. The fourth-order valence-corrected chi connectivity index (χ4v) is 3.18. The molecule has 0 radical (unpaired) electrons. The lowest BCUT2D eigenvalue weighted by Gasteiger charge is -2.29. The number of nitrogens with one attached hydrogen (secondary N) is 1. The molecule has 1 aliphatic rings. The number of piperidine rings is 1. The summed E-state index contributed by atoms with van der Waals surface area (Å²) in [6.07, 6.45) is 5.13. The highest BCUT2D eigenvalue weighted by atomic mass is 32.1. The van der Waals surface area contributed by atoms with Crippen LogP contribution in [0.2, 0.25) is 0 Å². The van der Waals surface area contributed by atoms with E-state index in [1.54, 1.807) is 11.3 Å². The molecule has 2 nitrogen and oxygen atoms in total. The number of aromatic nitrogens is 1. The Morgan fingerprint density at radius 1 is 1.60 bits per heavy atom. The molecule has 0 amide bonds. The van der Waals surface area contributed by atoms with Gasteiger partial charge in [0.25, 0.3) is 0 Å². The maximum absolute atomic E-state index is 4.53. The van der Waals surface area contributed by atoms with Crippen molar-refractivity contribution in [3.8, 4) is 0 Å². The highest BCUT2D eigenvalue weighted by Crippen LogP contribution is 2.22. The molecule has 2 rings (SSSR count). The Hall–Kier alpha value is -0.410. The van der Waals surface area contributed by atoms with Gasteiger partial charge in [0.05, 0.1) is 5.01 Å². The van der Waals surface area contributed by atoms with Crippen LogP contribution < -0.4 is 5.32 Å². The number of hydrogen-bond acceptors (Lipinski definition) is 3. The Balaban J connectivity index is 1.88. The zero-order valence-electron chi connectivity index (χ0n) is 9.62. The summed E-state index contributed by atoms with van der Waals surface area (Å²) in [5.41, 5.74) is 1.16. The Kier molecular flexibility index (Phi) is 3.76. The van der Waals surface area contributed by atoms with Crippen molar-refractivity contribution in [2.24, 2.45) is 5.92 Å². The fourth-order valence-electron chi connectivity index (χ4n) is 2.33. The third-order valence-corrected chi connectivity index (χ3v) is 4.26. The van der Waals surface area contributed by atoms with Gasteiger partial charge in [0.1, 0.15) is 0 Å². The molecule has 0 saturated carbocycles. The second-order valence-electron chi connectivity index (χ2n) is 4.54. The summed E-state index contributed by atoms with van der Waals surface area (Å²) in [4.78, 5) is 4.53. The Morgan fingerprint density at radius 3 is 3.13 bits per heavy atom. The molecular formula is C12H20N2S. The molecule has 0 aliphatic carbocycles. The van der Waals surface area contributed by atoms with Crippen LogP contribution in [0.5, 0.6) is 0 Å². The van der Waals surface area contributed by atoms with Crippen LogP contribution in [0.3, 0.4) is 0 Å². The zero-order valence-corrected chi connectivity index (χ0v) is 10.4. The molecule has 0 aromatic carbocycles. The maximum Gasteiger partial charge on any atom is 0.0943 e. The van der Waals surface area contributed by atoms with Gasteiger partial charge in [0, 0.05) is 23.5 Å². The SMILES string of the molecule is CCC1CCNC(Cc2nc(C)cs2)C1. The largest absolute Gasteiger partial charge is 0.314 e. The Labute approximate surface area is 96.1 Å². The van der Waals surface area contributed by atoms with E-state index in [-0.39, 0.29) is 0 Å². The number of hydrogen-bond donors (Lipinski definition) is 1. The standard InChI is InChI=1S/C12H20N2S/c1-3-10-4-5-13-11(6-10)7-12-14-9(2)8-15-12/h8,10-11,13H,3-7H2,1-2H3. The van der Waals surface area contributed by atoms with Crippen LogP contribution >= 0.6 is 11.3 Å². The van der Waals surface area contributed by atoms with E-state index in [4.69, 9.17) is 0 Å². The quantitative estimate of drug-likeness (QED) is 0.854. The van der Waals surface area contributed by atoms with Crippen LogP contribution in [-0.4, -0.2) is 17.6 Å². The first-order chi connectivity index (χ1) is 7.28. The minimum Gasteiger partial charge on any atom is -0.314 e. The van der Waals surface area contributed by atoms with Crippen molar-refractivity contribution in [3.63, 3.8) is 0 Å². The van der Waals surface area contributed by atoms with E-state index in [1.165, 1.54) is 30.8 Å². The molecule has 3 heteroatoms. The molecule has 15 heavy (non-hydrogen) atoms. The summed E-state index contributed by atoms with van der Waals surface area (Å²) in [5, 5.41) is 7.05. The average Bonchev–Trinajstić information content (AvgIpc) is 2.64. The van der Waals surface area contributed by atoms with Gasteiger partial charge in [-0.05, 0) is 32.2 Å². The first-order valence-electron chi connectivity index (χ1n) is 5.92. The fraction of sp³-hybridized carbons (Fsp3) is 0.750. The summed E-state index contributed by atoms with van der Waals surface area (Å²) in [6, 6.07) is 0.661. The van der Waals surface area contributed by atoms with E-state index in [0.717, 1.165) is 18.0 Å². The molecular weight excluding hydrogens is 204 g/mol. The summed E-state index contributed by atoms with van der Waals surface area (Å²) in [5.74, 6) is 0.928. The van der Waals surface area contributed by atoms with Crippen molar-refractivity contribution in [1.29, 1.82) is 0 Å². The molecule has 2 atom stereocenters. The average molecular weight is 224 g/mol.